The van der Waals surface area contributed by atoms with Gasteiger partial charge in [0.25, 0.3) is 11.8 Å². The third-order valence-electron chi connectivity index (χ3n) is 4.53. The second-order valence-corrected chi connectivity index (χ2v) is 6.60. The Bertz CT molecular complexity index is 638. The number of hydrogen-bond acceptors (Lipinski definition) is 3. The van der Waals surface area contributed by atoms with Gasteiger partial charge in [0.05, 0.1) is 11.1 Å². The fourth-order valence-corrected chi connectivity index (χ4v) is 2.91. The summed E-state index contributed by atoms with van der Waals surface area (Å²) < 4.78 is 0. The molecule has 6 nitrogen and oxygen atoms in total. The van der Waals surface area contributed by atoms with Crippen molar-refractivity contribution in [2.24, 2.45) is 10.9 Å². The normalized spacial score (nSPS) is 16.3. The number of nitrogens with one attached hydrogen (secondary N) is 2. The second-order valence-electron chi connectivity index (χ2n) is 6.60. The third-order valence-corrected chi connectivity index (χ3v) is 4.53. The Kier molecular flexibility index (Phi) is 7.86. The molecule has 3 rings (SSSR count). The third kappa shape index (κ3) is 5.18. The van der Waals surface area contributed by atoms with Gasteiger partial charge >= 0.3 is 0 Å². The second kappa shape index (κ2) is 9.89. The monoisotopic (exact) mass is 470 g/mol. The number of guanidine groups is 1. The molecule has 1 aromatic carbocycles. The van der Waals surface area contributed by atoms with E-state index >= 15 is 0 Å². The highest BCUT2D eigenvalue weighted by atomic mass is 127. The Morgan fingerprint density at radius 2 is 1.77 bits per heavy atom. The zero-order valence-corrected chi connectivity index (χ0v) is 17.5. The van der Waals surface area contributed by atoms with E-state index in [0.717, 1.165) is 44.4 Å². The molecule has 26 heavy (non-hydrogen) atoms. The smallest absolute Gasteiger partial charge is 0.261 e. The van der Waals surface area contributed by atoms with Crippen LogP contribution < -0.4 is 10.6 Å². The van der Waals surface area contributed by atoms with Gasteiger partial charge in [0, 0.05) is 26.2 Å². The van der Waals surface area contributed by atoms with Crippen LogP contribution in [-0.2, 0) is 0 Å². The number of benzene rings is 1. The molecular weight excluding hydrogens is 443 g/mol. The first kappa shape index (κ1) is 20.7. The van der Waals surface area contributed by atoms with E-state index in [0.29, 0.717) is 17.7 Å². The Labute approximate surface area is 171 Å². The van der Waals surface area contributed by atoms with Crippen molar-refractivity contribution in [1.29, 1.82) is 0 Å². The van der Waals surface area contributed by atoms with E-state index in [-0.39, 0.29) is 35.8 Å². The summed E-state index contributed by atoms with van der Waals surface area (Å²) in [6, 6.07) is 7.02. The van der Waals surface area contributed by atoms with Crippen molar-refractivity contribution >= 4 is 41.8 Å². The molecule has 0 aromatic heterocycles. The first-order valence-electron chi connectivity index (χ1n) is 9.18. The fourth-order valence-electron chi connectivity index (χ4n) is 2.91. The Morgan fingerprint density at radius 1 is 1.12 bits per heavy atom. The molecular formula is C19H27IN4O2. The van der Waals surface area contributed by atoms with Crippen LogP contribution in [0.2, 0.25) is 0 Å². The Hall–Kier alpha value is -1.64. The molecule has 1 heterocycles. The van der Waals surface area contributed by atoms with Crippen LogP contribution in [0.3, 0.4) is 0 Å². The molecule has 0 radical (unpaired) electrons. The minimum Gasteiger partial charge on any atom is -0.357 e. The summed E-state index contributed by atoms with van der Waals surface area (Å²) >= 11 is 0. The van der Waals surface area contributed by atoms with Crippen LogP contribution in [0.25, 0.3) is 0 Å². The molecule has 1 saturated carbocycles. The van der Waals surface area contributed by atoms with Gasteiger partial charge in [-0.25, -0.2) is 0 Å². The molecule has 2 amide bonds. The summed E-state index contributed by atoms with van der Waals surface area (Å²) in [6.45, 7) is 5.02. The van der Waals surface area contributed by atoms with Gasteiger partial charge in [0.1, 0.15) is 0 Å². The average Bonchev–Trinajstić information content (AvgIpc) is 3.42. The summed E-state index contributed by atoms with van der Waals surface area (Å²) in [6.07, 6.45) is 4.24. The standard InChI is InChI=1S/C19H26N4O2.HI/c1-2-20-19(22-13-14-9-10-14)21-11-5-6-12-23-17(24)15-7-3-4-8-16(15)18(23)25;/h3-4,7-8,14H,2,5-6,9-13H2,1H3,(H2,20,21,22);1H. The number of rotatable bonds is 8. The lowest BCUT2D eigenvalue weighted by atomic mass is 10.1. The van der Waals surface area contributed by atoms with E-state index in [1.807, 2.05) is 0 Å². The molecule has 2 aliphatic rings. The van der Waals surface area contributed by atoms with E-state index in [9.17, 15) is 9.59 Å². The molecule has 0 saturated heterocycles. The van der Waals surface area contributed by atoms with Crippen molar-refractivity contribution < 1.29 is 9.59 Å². The van der Waals surface area contributed by atoms with E-state index in [2.05, 4.69) is 22.5 Å². The van der Waals surface area contributed by atoms with Gasteiger partial charge in [-0.05, 0) is 50.7 Å². The first-order valence-corrected chi connectivity index (χ1v) is 9.18. The molecule has 2 N–H and O–H groups in total. The van der Waals surface area contributed by atoms with Crippen molar-refractivity contribution in [3.63, 3.8) is 0 Å². The number of halogens is 1. The number of imide groups is 1. The number of amides is 2. The molecule has 142 valence electrons. The molecule has 0 spiro atoms. The van der Waals surface area contributed by atoms with Crippen molar-refractivity contribution in [2.45, 2.75) is 32.6 Å². The van der Waals surface area contributed by atoms with Crippen LogP contribution in [0, 0.1) is 5.92 Å². The van der Waals surface area contributed by atoms with Crippen LogP contribution in [0.4, 0.5) is 0 Å². The molecule has 1 fully saturated rings. The maximum Gasteiger partial charge on any atom is 0.261 e. The lowest BCUT2D eigenvalue weighted by Crippen LogP contribution is -2.38. The van der Waals surface area contributed by atoms with E-state index in [1.165, 1.54) is 17.7 Å². The van der Waals surface area contributed by atoms with Gasteiger partial charge in [-0.1, -0.05) is 12.1 Å². The number of unbranched alkanes of at least 4 members (excludes halogenated alkanes) is 1. The van der Waals surface area contributed by atoms with Gasteiger partial charge in [-0.3, -0.25) is 19.5 Å². The number of hydrogen-bond donors (Lipinski definition) is 2. The van der Waals surface area contributed by atoms with E-state index < -0.39 is 0 Å². The van der Waals surface area contributed by atoms with Gasteiger partial charge in [0.15, 0.2) is 5.96 Å². The number of nitrogens with zero attached hydrogens (tertiary/aromatic N) is 2. The quantitative estimate of drug-likeness (QED) is 0.202. The lowest BCUT2D eigenvalue weighted by Gasteiger charge is -2.14. The predicted molar refractivity (Wildman–Crippen MR) is 113 cm³/mol. The zero-order chi connectivity index (χ0) is 17.6. The number of carbonyl (C=O) groups is 2. The Balaban J connectivity index is 0.00000243. The largest absolute Gasteiger partial charge is 0.357 e. The fraction of sp³-hybridized carbons (Fsp3) is 0.526. The van der Waals surface area contributed by atoms with Crippen molar-refractivity contribution in [2.75, 3.05) is 26.2 Å². The summed E-state index contributed by atoms with van der Waals surface area (Å²) in [7, 11) is 0. The van der Waals surface area contributed by atoms with Gasteiger partial charge in [-0.2, -0.15) is 0 Å². The molecule has 1 aliphatic carbocycles. The summed E-state index contributed by atoms with van der Waals surface area (Å²) in [5.74, 6) is 1.28. The SMILES string of the molecule is CCNC(=NCC1CC1)NCCCCN1C(=O)c2ccccc2C1=O.I. The molecule has 0 bridgehead atoms. The van der Waals surface area contributed by atoms with Gasteiger partial charge in [-0.15, -0.1) is 24.0 Å². The Morgan fingerprint density at radius 3 is 2.35 bits per heavy atom. The molecule has 0 atom stereocenters. The average molecular weight is 470 g/mol. The number of aliphatic imine (C=N–C) groups is 1. The highest BCUT2D eigenvalue weighted by Crippen LogP contribution is 2.28. The van der Waals surface area contributed by atoms with Gasteiger partial charge < -0.3 is 10.6 Å². The maximum absolute atomic E-state index is 12.3. The van der Waals surface area contributed by atoms with Crippen LogP contribution in [0.15, 0.2) is 29.3 Å². The topological polar surface area (TPSA) is 73.8 Å². The summed E-state index contributed by atoms with van der Waals surface area (Å²) in [5, 5.41) is 6.56. The van der Waals surface area contributed by atoms with E-state index in [1.54, 1.807) is 24.3 Å². The minimum absolute atomic E-state index is 0. The predicted octanol–water partition coefficient (Wildman–Crippen LogP) is 2.65. The van der Waals surface area contributed by atoms with Crippen molar-refractivity contribution in [3.05, 3.63) is 35.4 Å². The van der Waals surface area contributed by atoms with Crippen molar-refractivity contribution in [1.82, 2.24) is 15.5 Å². The van der Waals surface area contributed by atoms with Crippen LogP contribution in [0.5, 0.6) is 0 Å². The van der Waals surface area contributed by atoms with Crippen LogP contribution in [-0.4, -0.2) is 48.9 Å². The van der Waals surface area contributed by atoms with Crippen LogP contribution >= 0.6 is 24.0 Å². The highest BCUT2D eigenvalue weighted by Gasteiger charge is 2.34. The highest BCUT2D eigenvalue weighted by molar-refractivity contribution is 14.0. The number of fused-ring (bicyclic) bond motifs is 1. The molecule has 1 aromatic rings. The number of carbonyl (C=O) groups excluding carboxylic acids is 2. The zero-order valence-electron chi connectivity index (χ0n) is 15.2. The van der Waals surface area contributed by atoms with Gasteiger partial charge in [0.2, 0.25) is 0 Å². The minimum atomic E-state index is -0.173. The molecule has 1 aliphatic heterocycles. The van der Waals surface area contributed by atoms with E-state index in [4.69, 9.17) is 0 Å². The molecule has 7 heteroatoms. The summed E-state index contributed by atoms with van der Waals surface area (Å²) in [4.78, 5) is 30.5. The summed E-state index contributed by atoms with van der Waals surface area (Å²) in [5.41, 5.74) is 1.04. The van der Waals surface area contributed by atoms with Crippen molar-refractivity contribution in [3.8, 4) is 0 Å². The molecule has 0 unspecified atom stereocenters. The van der Waals surface area contributed by atoms with Crippen LogP contribution in [0.1, 0.15) is 53.3 Å². The lowest BCUT2D eigenvalue weighted by molar-refractivity contribution is 0.0652. The first-order chi connectivity index (χ1) is 12.2. The maximum atomic E-state index is 12.3.